The first-order valence-electron chi connectivity index (χ1n) is 33.3. The third-order valence-electron chi connectivity index (χ3n) is 18.8. The molecule has 2 aliphatic carbocycles. The molecular weight excluding hydrogens is 1280 g/mol. The van der Waals surface area contributed by atoms with Crippen LogP contribution >= 0.6 is 0 Å². The summed E-state index contributed by atoms with van der Waals surface area (Å²) in [5, 5.41) is 28.5. The molecule has 25 heteroatoms. The average molecular weight is 1360 g/mol. The first-order chi connectivity index (χ1) is 48.3. The lowest BCUT2D eigenvalue weighted by Crippen LogP contribution is -2.55. The number of rotatable bonds is 23. The molecule has 1 saturated heterocycles. The summed E-state index contributed by atoms with van der Waals surface area (Å²) in [7, 11) is 4.57. The highest BCUT2D eigenvalue weighted by Crippen LogP contribution is 2.57. The maximum absolute atomic E-state index is 14.5. The highest BCUT2D eigenvalue weighted by molar-refractivity contribution is 6.06. The first-order valence-corrected chi connectivity index (χ1v) is 33.3. The molecule has 6 aliphatic rings. The lowest BCUT2D eigenvalue weighted by atomic mass is 9.92. The van der Waals surface area contributed by atoms with E-state index >= 15 is 0 Å². The number of carbonyl (C=O) groups excluding carboxylic acids is 8. The Morgan fingerprint density at radius 3 is 2.10 bits per heavy atom. The highest BCUT2D eigenvalue weighted by Gasteiger charge is 2.58. The average Bonchev–Trinajstić information content (AvgIpc) is 1.56. The maximum atomic E-state index is 14.5. The molecule has 25 nitrogen and oxygen atoms in total. The van der Waals surface area contributed by atoms with Crippen molar-refractivity contribution < 1.29 is 76.6 Å². The van der Waals surface area contributed by atoms with Gasteiger partial charge in [0.05, 0.1) is 75.7 Å². The van der Waals surface area contributed by atoms with Crippen molar-refractivity contribution in [2.75, 3.05) is 76.3 Å². The van der Waals surface area contributed by atoms with Gasteiger partial charge in [-0.15, -0.1) is 0 Å². The monoisotopic (exact) mass is 1360 g/mol. The third-order valence-corrected chi connectivity index (χ3v) is 18.8. The Kier molecular flexibility index (Phi) is 20.5. The van der Waals surface area contributed by atoms with Gasteiger partial charge in [0.2, 0.25) is 23.6 Å². The zero-order valence-electron chi connectivity index (χ0n) is 56.3. The van der Waals surface area contributed by atoms with Crippen molar-refractivity contribution in [2.24, 2.45) is 11.3 Å². The lowest BCUT2D eigenvalue weighted by molar-refractivity contribution is -0.132. The van der Waals surface area contributed by atoms with Crippen LogP contribution < -0.4 is 60.5 Å². The SMILES string of the molecule is COc1ccc(C2=CN3C(=O)c4cc(OC)c(OCCCOc5cc6c(cc5OC)C(=O)N5CC7(CC7)C[C@H]5C(O)N6C(=O)OCc5ccc(NC(=O)[C@H](C)NC(=O)[C@@H](NC(=O)CNC(=O)CNC(=O)OC6Cc7ccccc7C#Cc7ccccc76)C(C)C)cc5)cc4NC[C@@H]3C2)cc1. The molecule has 0 aromatic heterocycles. The van der Waals surface area contributed by atoms with Gasteiger partial charge in [-0.25, -0.2) is 14.5 Å². The van der Waals surface area contributed by atoms with Crippen LogP contribution in [0.1, 0.15) is 113 Å². The number of benzene rings is 6. The van der Waals surface area contributed by atoms with E-state index in [0.717, 1.165) is 51.3 Å². The summed E-state index contributed by atoms with van der Waals surface area (Å²) in [5.41, 5.74) is 7.16. The van der Waals surface area contributed by atoms with Crippen molar-refractivity contribution in [1.29, 1.82) is 0 Å². The summed E-state index contributed by atoms with van der Waals surface area (Å²) in [4.78, 5) is 113. The Balaban J connectivity index is 0.619. The number of ether oxygens (including phenoxy) is 7. The number of anilines is 3. The van der Waals surface area contributed by atoms with Gasteiger partial charge in [-0.05, 0) is 115 Å². The van der Waals surface area contributed by atoms with E-state index < -0.39 is 85.3 Å². The predicted molar refractivity (Wildman–Crippen MR) is 368 cm³/mol. The van der Waals surface area contributed by atoms with Crippen LogP contribution in [-0.2, 0) is 41.7 Å². The number of fused-ring (bicyclic) bond motifs is 6. The molecule has 100 heavy (non-hydrogen) atoms. The van der Waals surface area contributed by atoms with Gasteiger partial charge in [0.15, 0.2) is 29.2 Å². The van der Waals surface area contributed by atoms with Gasteiger partial charge < -0.3 is 80.0 Å². The van der Waals surface area contributed by atoms with E-state index in [1.54, 1.807) is 67.2 Å². The fourth-order valence-corrected chi connectivity index (χ4v) is 13.1. The summed E-state index contributed by atoms with van der Waals surface area (Å²) in [6, 6.07) is 32.5. The van der Waals surface area contributed by atoms with Crippen LogP contribution in [0.5, 0.6) is 28.7 Å². The maximum Gasteiger partial charge on any atom is 0.416 e. The van der Waals surface area contributed by atoms with Crippen molar-refractivity contribution in [1.82, 2.24) is 31.1 Å². The second kappa shape index (κ2) is 29.8. The van der Waals surface area contributed by atoms with Crippen LogP contribution in [0.3, 0.4) is 0 Å². The van der Waals surface area contributed by atoms with Crippen molar-refractivity contribution in [3.8, 4) is 40.6 Å². The number of nitrogens with one attached hydrogen (secondary N) is 6. The summed E-state index contributed by atoms with van der Waals surface area (Å²) < 4.78 is 41.0. The summed E-state index contributed by atoms with van der Waals surface area (Å²) in [6.45, 7) is 4.79. The Bertz CT molecular complexity index is 4260. The van der Waals surface area contributed by atoms with Gasteiger partial charge in [0.25, 0.3) is 11.8 Å². The third kappa shape index (κ3) is 15.2. The number of amides is 8. The van der Waals surface area contributed by atoms with E-state index in [9.17, 15) is 43.5 Å². The molecule has 12 rings (SSSR count). The quantitative estimate of drug-likeness (QED) is 0.0237. The number of nitrogens with zero attached hydrogens (tertiary/aromatic N) is 3. The van der Waals surface area contributed by atoms with Crippen LogP contribution in [0, 0.1) is 23.2 Å². The van der Waals surface area contributed by atoms with Crippen molar-refractivity contribution in [3.05, 3.63) is 172 Å². The van der Waals surface area contributed by atoms with E-state index in [1.807, 2.05) is 79.0 Å². The van der Waals surface area contributed by atoms with Gasteiger partial charge in [0, 0.05) is 66.6 Å². The molecule has 520 valence electrons. The standard InChI is InChI=1S/C75H79N9O16/c1-43(2)67(81-66(86)39-77-65(85)38-78-73(92)100-60-31-49-14-8-7-12-46(49)18-19-48-13-9-10-15-54(48)60)69(88)79-44(3)68(87)80-51-22-16-45(17-23-51)41-99-74(93)84-58-35-64(62(96-6)33-56(58)71(90)83-42-75(26-27-75)36-59(83)72(84)91)98-29-11-28-97-63-34-57-55(32-61(63)95-5)70(89)82-40-50(30-52(82)37-76-57)47-20-24-53(94-4)25-21-47/h7-10,12-17,20-25,32-35,40,43-44,52,59-60,67,72,76,91H,11,26-31,36-39,41-42H2,1-6H3,(H,77,85)(H,78,92)(H,79,88)(H,80,87)(H,81,86)/t44-,52-,59-,60?,67-,72?/m0/s1. The van der Waals surface area contributed by atoms with E-state index in [2.05, 4.69) is 43.7 Å². The Hall–Kier alpha value is -11.3. The number of alkyl carbamates (subject to hydrolysis) is 1. The number of hydrogen-bond acceptors (Lipinski definition) is 17. The fourth-order valence-electron chi connectivity index (χ4n) is 13.1. The van der Waals surface area contributed by atoms with E-state index in [0.29, 0.717) is 78.3 Å². The Labute approximate surface area is 578 Å². The van der Waals surface area contributed by atoms with Gasteiger partial charge >= 0.3 is 12.2 Å². The van der Waals surface area contributed by atoms with Crippen molar-refractivity contribution in [3.63, 3.8) is 0 Å². The molecule has 1 spiro atoms. The molecular formula is C75H79N9O16. The predicted octanol–water partition coefficient (Wildman–Crippen LogP) is 7.83. The largest absolute Gasteiger partial charge is 0.497 e. The normalized spacial score (nSPS) is 18.6. The molecule has 6 aromatic carbocycles. The summed E-state index contributed by atoms with van der Waals surface area (Å²) in [6.07, 6.45) is 1.59. The van der Waals surface area contributed by atoms with E-state index in [-0.39, 0.29) is 65.8 Å². The molecule has 2 fully saturated rings. The second-order valence-corrected chi connectivity index (χ2v) is 25.9. The van der Waals surface area contributed by atoms with E-state index in [4.69, 9.17) is 33.2 Å². The minimum absolute atomic E-state index is 0.0609. The molecule has 6 aromatic rings. The zero-order valence-corrected chi connectivity index (χ0v) is 56.3. The van der Waals surface area contributed by atoms with Crippen LogP contribution in [0.15, 0.2) is 128 Å². The summed E-state index contributed by atoms with van der Waals surface area (Å²) in [5.74, 6) is 4.70. The smallest absolute Gasteiger partial charge is 0.416 e. The van der Waals surface area contributed by atoms with Crippen LogP contribution in [0.2, 0.25) is 0 Å². The lowest BCUT2D eigenvalue weighted by Gasteiger charge is -2.31. The van der Waals surface area contributed by atoms with Crippen LogP contribution in [0.25, 0.3) is 5.57 Å². The topological polar surface area (TPSA) is 303 Å². The van der Waals surface area contributed by atoms with Crippen molar-refractivity contribution in [2.45, 2.75) is 102 Å². The minimum Gasteiger partial charge on any atom is -0.497 e. The molecule has 7 N–H and O–H groups in total. The first kappa shape index (κ1) is 68.7. The zero-order chi connectivity index (χ0) is 70.4. The minimum atomic E-state index is -1.50. The molecule has 0 radical (unpaired) electrons. The molecule has 0 bridgehead atoms. The Morgan fingerprint density at radius 2 is 1.39 bits per heavy atom. The molecule has 4 heterocycles. The highest BCUT2D eigenvalue weighted by atomic mass is 16.6. The number of methoxy groups -OCH3 is 3. The molecule has 2 unspecified atom stereocenters. The number of aliphatic hydroxyl groups is 1. The molecule has 1 saturated carbocycles. The van der Waals surface area contributed by atoms with Gasteiger partial charge in [-0.3, -0.25) is 28.8 Å². The fraction of sp³-hybridized carbons (Fsp3) is 0.360. The van der Waals surface area contributed by atoms with Gasteiger partial charge in [0.1, 0.15) is 37.1 Å². The van der Waals surface area contributed by atoms with Gasteiger partial charge in [-0.2, -0.15) is 0 Å². The second-order valence-electron chi connectivity index (χ2n) is 25.9. The van der Waals surface area contributed by atoms with Crippen LogP contribution in [-0.4, -0.2) is 154 Å². The molecule has 6 atom stereocenters. The summed E-state index contributed by atoms with van der Waals surface area (Å²) >= 11 is 0. The number of carbonyl (C=O) groups is 8. The molecule has 4 aliphatic heterocycles. The number of aliphatic hydroxyl groups excluding tert-OH is 1. The van der Waals surface area contributed by atoms with Crippen LogP contribution in [0.4, 0.5) is 26.7 Å². The Morgan fingerprint density at radius 1 is 0.710 bits per heavy atom. The number of hydrogen-bond donors (Lipinski definition) is 7. The van der Waals surface area contributed by atoms with E-state index in [1.165, 1.54) is 33.3 Å². The van der Waals surface area contributed by atoms with Crippen molar-refractivity contribution >= 4 is 70.3 Å². The van der Waals surface area contributed by atoms with Gasteiger partial charge in [-0.1, -0.05) is 86.4 Å². The molecule has 8 amide bonds.